The van der Waals surface area contributed by atoms with Gasteiger partial charge in [0.15, 0.2) is 0 Å². The second-order valence-electron chi connectivity index (χ2n) is 5.17. The van der Waals surface area contributed by atoms with Crippen LogP contribution < -0.4 is 9.62 Å². The van der Waals surface area contributed by atoms with Crippen LogP contribution in [0.25, 0.3) is 0 Å². The number of nitrogens with zero attached hydrogens (tertiary/aromatic N) is 1. The van der Waals surface area contributed by atoms with Crippen LogP contribution in [0, 0.1) is 6.92 Å². The molecule has 122 valence electrons. The van der Waals surface area contributed by atoms with Gasteiger partial charge in [0.1, 0.15) is 6.54 Å². The number of hydrogen-bond donors (Lipinski definition) is 1. The molecule has 0 atom stereocenters. The molecule has 0 fully saturated rings. The van der Waals surface area contributed by atoms with Crippen molar-refractivity contribution in [3.8, 4) is 0 Å². The van der Waals surface area contributed by atoms with E-state index in [0.717, 1.165) is 20.6 Å². The summed E-state index contributed by atoms with van der Waals surface area (Å²) < 4.78 is 26.0. The highest BCUT2D eigenvalue weighted by atomic mass is 79.9. The maximum atomic E-state index is 12.2. The van der Waals surface area contributed by atoms with Crippen LogP contribution in [0.4, 0.5) is 11.4 Å². The minimum absolute atomic E-state index is 0.283. The minimum Gasteiger partial charge on any atom is -0.324 e. The van der Waals surface area contributed by atoms with Crippen molar-refractivity contribution in [2.75, 3.05) is 22.4 Å². The third-order valence-corrected chi connectivity index (χ3v) is 4.72. The second-order valence-corrected chi connectivity index (χ2v) is 7.99. The first-order valence-electron chi connectivity index (χ1n) is 6.85. The molecule has 1 N–H and O–H groups in total. The van der Waals surface area contributed by atoms with E-state index in [1.54, 1.807) is 36.4 Å². The molecule has 23 heavy (non-hydrogen) atoms. The zero-order valence-corrected chi connectivity index (χ0v) is 15.2. The number of hydrogen-bond acceptors (Lipinski definition) is 3. The van der Waals surface area contributed by atoms with Gasteiger partial charge in [-0.3, -0.25) is 9.10 Å². The summed E-state index contributed by atoms with van der Waals surface area (Å²) in [5.74, 6) is -0.407. The number of nitrogens with one attached hydrogen (secondary N) is 1. The summed E-state index contributed by atoms with van der Waals surface area (Å²) >= 11 is 3.32. The van der Waals surface area contributed by atoms with E-state index in [-0.39, 0.29) is 6.54 Å². The average molecular weight is 397 g/mol. The van der Waals surface area contributed by atoms with Gasteiger partial charge in [0, 0.05) is 10.2 Å². The third-order valence-electron chi connectivity index (χ3n) is 3.09. The highest BCUT2D eigenvalue weighted by molar-refractivity contribution is 9.10. The summed E-state index contributed by atoms with van der Waals surface area (Å²) in [7, 11) is -3.57. The lowest BCUT2D eigenvalue weighted by Gasteiger charge is -2.22. The van der Waals surface area contributed by atoms with E-state index in [1.807, 2.05) is 19.1 Å². The number of halogens is 1. The molecule has 0 saturated carbocycles. The van der Waals surface area contributed by atoms with E-state index in [9.17, 15) is 13.2 Å². The number of rotatable bonds is 5. The van der Waals surface area contributed by atoms with Crippen LogP contribution in [-0.2, 0) is 14.8 Å². The molecule has 0 aliphatic heterocycles. The minimum atomic E-state index is -3.57. The second kappa shape index (κ2) is 7.14. The summed E-state index contributed by atoms with van der Waals surface area (Å²) in [4.78, 5) is 12.2. The normalized spacial score (nSPS) is 11.1. The Balaban J connectivity index is 2.20. The zero-order chi connectivity index (χ0) is 17.0. The Labute approximate surface area is 144 Å². The van der Waals surface area contributed by atoms with Crippen LogP contribution in [0.5, 0.6) is 0 Å². The van der Waals surface area contributed by atoms with Gasteiger partial charge in [-0.25, -0.2) is 8.42 Å². The molecule has 2 aromatic rings. The van der Waals surface area contributed by atoms with Gasteiger partial charge in [0.25, 0.3) is 0 Å². The number of amides is 1. The van der Waals surface area contributed by atoms with Crippen LogP contribution in [-0.4, -0.2) is 27.1 Å². The molecule has 0 radical (unpaired) electrons. The topological polar surface area (TPSA) is 66.5 Å². The Bertz CT molecular complexity index is 822. The van der Waals surface area contributed by atoms with Crippen LogP contribution in [0.3, 0.4) is 0 Å². The Hall–Kier alpha value is -1.86. The van der Waals surface area contributed by atoms with Crippen molar-refractivity contribution in [1.29, 1.82) is 0 Å². The van der Waals surface area contributed by atoms with Crippen LogP contribution in [0.2, 0.25) is 0 Å². The molecular formula is C16H17BrN2O3S. The maximum Gasteiger partial charge on any atom is 0.245 e. The van der Waals surface area contributed by atoms with Crippen molar-refractivity contribution in [3.63, 3.8) is 0 Å². The lowest BCUT2D eigenvalue weighted by atomic mass is 10.2. The summed E-state index contributed by atoms with van der Waals surface area (Å²) in [6, 6.07) is 14.1. The summed E-state index contributed by atoms with van der Waals surface area (Å²) in [6.45, 7) is 1.58. The lowest BCUT2D eigenvalue weighted by molar-refractivity contribution is -0.114. The van der Waals surface area contributed by atoms with Crippen LogP contribution >= 0.6 is 15.9 Å². The number of carbonyl (C=O) groups excluding carboxylic acids is 1. The van der Waals surface area contributed by atoms with Gasteiger partial charge in [-0.1, -0.05) is 34.1 Å². The molecule has 0 aliphatic carbocycles. The van der Waals surface area contributed by atoms with Gasteiger partial charge >= 0.3 is 0 Å². The highest BCUT2D eigenvalue weighted by Gasteiger charge is 2.21. The SMILES string of the molecule is Cc1cccc(N(CC(=O)Nc2cccc(Br)c2)S(C)(=O)=O)c1. The van der Waals surface area contributed by atoms with E-state index in [2.05, 4.69) is 21.2 Å². The van der Waals surface area contributed by atoms with Gasteiger partial charge in [0.05, 0.1) is 11.9 Å². The van der Waals surface area contributed by atoms with Crippen LogP contribution in [0.15, 0.2) is 53.0 Å². The largest absolute Gasteiger partial charge is 0.324 e. The summed E-state index contributed by atoms with van der Waals surface area (Å²) in [5, 5.41) is 2.69. The van der Waals surface area contributed by atoms with Crippen molar-refractivity contribution in [1.82, 2.24) is 0 Å². The molecule has 2 rings (SSSR count). The van der Waals surface area contributed by atoms with E-state index in [1.165, 1.54) is 0 Å². The third kappa shape index (κ3) is 5.07. The molecule has 5 nitrogen and oxygen atoms in total. The first kappa shape index (κ1) is 17.5. The Morgan fingerprint density at radius 1 is 1.17 bits per heavy atom. The van der Waals surface area contributed by atoms with E-state index in [4.69, 9.17) is 0 Å². The molecule has 0 spiro atoms. The predicted molar refractivity (Wildman–Crippen MR) is 96.1 cm³/mol. The Morgan fingerprint density at radius 2 is 1.87 bits per heavy atom. The fourth-order valence-electron chi connectivity index (χ4n) is 2.08. The number of aryl methyl sites for hydroxylation is 1. The van der Waals surface area contributed by atoms with Crippen molar-refractivity contribution >= 4 is 43.2 Å². The molecular weight excluding hydrogens is 380 g/mol. The number of sulfonamides is 1. The standard InChI is InChI=1S/C16H17BrN2O3S/c1-12-5-3-8-15(9-12)19(23(2,21)22)11-16(20)18-14-7-4-6-13(17)10-14/h3-10H,11H2,1-2H3,(H,18,20). The molecule has 0 unspecified atom stereocenters. The molecule has 0 saturated heterocycles. The first-order chi connectivity index (χ1) is 10.8. The fourth-order valence-corrected chi connectivity index (χ4v) is 3.33. The van der Waals surface area contributed by atoms with Crippen molar-refractivity contribution in [2.45, 2.75) is 6.92 Å². The quantitative estimate of drug-likeness (QED) is 0.843. The first-order valence-corrected chi connectivity index (χ1v) is 9.49. The molecule has 2 aromatic carbocycles. The maximum absolute atomic E-state index is 12.2. The molecule has 0 aromatic heterocycles. The van der Waals surface area contributed by atoms with Gasteiger partial charge in [-0.2, -0.15) is 0 Å². The molecule has 7 heteroatoms. The smallest absolute Gasteiger partial charge is 0.245 e. The van der Waals surface area contributed by atoms with Gasteiger partial charge in [-0.05, 0) is 42.8 Å². The van der Waals surface area contributed by atoms with E-state index < -0.39 is 15.9 Å². The van der Waals surface area contributed by atoms with Gasteiger partial charge in [0.2, 0.25) is 15.9 Å². The zero-order valence-electron chi connectivity index (χ0n) is 12.8. The fraction of sp³-hybridized carbons (Fsp3) is 0.188. The highest BCUT2D eigenvalue weighted by Crippen LogP contribution is 2.20. The molecule has 1 amide bonds. The lowest BCUT2D eigenvalue weighted by Crippen LogP contribution is -2.37. The van der Waals surface area contributed by atoms with Gasteiger partial charge < -0.3 is 5.32 Å². The van der Waals surface area contributed by atoms with Crippen molar-refractivity contribution in [2.24, 2.45) is 0 Å². The average Bonchev–Trinajstić information content (AvgIpc) is 2.43. The van der Waals surface area contributed by atoms with Gasteiger partial charge in [-0.15, -0.1) is 0 Å². The molecule has 0 heterocycles. The Kier molecular flexibility index (Phi) is 5.43. The van der Waals surface area contributed by atoms with Crippen molar-refractivity contribution in [3.05, 3.63) is 58.6 Å². The number of anilines is 2. The molecule has 0 bridgehead atoms. The summed E-state index contributed by atoms with van der Waals surface area (Å²) in [6.07, 6.45) is 1.09. The number of carbonyl (C=O) groups is 1. The monoisotopic (exact) mass is 396 g/mol. The van der Waals surface area contributed by atoms with E-state index in [0.29, 0.717) is 11.4 Å². The predicted octanol–water partition coefficient (Wildman–Crippen LogP) is 3.16. The van der Waals surface area contributed by atoms with Crippen LogP contribution in [0.1, 0.15) is 5.56 Å². The Morgan fingerprint density at radius 3 is 2.48 bits per heavy atom. The number of benzene rings is 2. The van der Waals surface area contributed by atoms with E-state index >= 15 is 0 Å². The molecule has 0 aliphatic rings. The summed E-state index contributed by atoms with van der Waals surface area (Å²) in [5.41, 5.74) is 1.99. The van der Waals surface area contributed by atoms with Crippen molar-refractivity contribution < 1.29 is 13.2 Å².